The van der Waals surface area contributed by atoms with E-state index in [9.17, 15) is 15.0 Å². The zero-order valence-corrected chi connectivity index (χ0v) is 17.4. The van der Waals surface area contributed by atoms with Crippen molar-refractivity contribution in [3.63, 3.8) is 0 Å². The lowest BCUT2D eigenvalue weighted by atomic mass is 10.1. The van der Waals surface area contributed by atoms with Crippen molar-refractivity contribution in [1.82, 2.24) is 19.5 Å². The fourth-order valence-electron chi connectivity index (χ4n) is 3.74. The Morgan fingerprint density at radius 2 is 1.94 bits per heavy atom. The highest BCUT2D eigenvalue weighted by Gasteiger charge is 2.36. The number of aliphatic carboxylic acids is 1. The maximum absolute atomic E-state index is 10.7. The zero-order valence-electron chi connectivity index (χ0n) is 17.4. The number of hydrogen-bond donors (Lipinski definition) is 5. The zero-order chi connectivity index (χ0) is 22.7. The molecule has 3 heterocycles. The van der Waals surface area contributed by atoms with Gasteiger partial charge in [-0.1, -0.05) is 24.3 Å². The molecule has 32 heavy (non-hydrogen) atoms. The molecule has 1 fully saturated rings. The molecule has 4 rings (SSSR count). The van der Waals surface area contributed by atoms with Gasteiger partial charge in [-0.2, -0.15) is 9.97 Å². The normalized spacial score (nSPS) is 20.6. The third kappa shape index (κ3) is 4.79. The largest absolute Gasteiger partial charge is 0.481 e. The number of aliphatic hydroxyl groups excluding tert-OH is 2. The predicted molar refractivity (Wildman–Crippen MR) is 116 cm³/mol. The predicted octanol–water partition coefficient (Wildman–Crippen LogP) is 0.721. The van der Waals surface area contributed by atoms with Gasteiger partial charge in [0, 0.05) is 19.4 Å². The number of aryl methyl sites for hydroxylation is 1. The van der Waals surface area contributed by atoms with Crippen LogP contribution in [0.25, 0.3) is 11.2 Å². The van der Waals surface area contributed by atoms with Crippen LogP contribution in [0.5, 0.6) is 0 Å². The molecule has 1 aromatic carbocycles. The van der Waals surface area contributed by atoms with E-state index in [1.165, 1.54) is 6.33 Å². The van der Waals surface area contributed by atoms with Crippen LogP contribution in [0, 0.1) is 0 Å². The molecule has 0 aliphatic carbocycles. The Kier molecular flexibility index (Phi) is 6.49. The number of imidazole rings is 1. The van der Waals surface area contributed by atoms with Gasteiger partial charge in [-0.05, 0) is 24.0 Å². The number of benzene rings is 1. The van der Waals surface area contributed by atoms with Gasteiger partial charge in [-0.25, -0.2) is 4.98 Å². The Balaban J connectivity index is 1.42. The number of fused-ring (bicyclic) bond motifs is 1. The number of nitrogen functional groups attached to an aromatic ring is 1. The van der Waals surface area contributed by atoms with Gasteiger partial charge < -0.3 is 31.1 Å². The van der Waals surface area contributed by atoms with Gasteiger partial charge in [0.15, 0.2) is 17.7 Å². The molecule has 0 amide bonds. The third-order valence-corrected chi connectivity index (χ3v) is 5.44. The first kappa shape index (κ1) is 21.9. The summed E-state index contributed by atoms with van der Waals surface area (Å²) in [5.41, 5.74) is 8.98. The summed E-state index contributed by atoms with van der Waals surface area (Å²) in [5, 5.41) is 31.6. The number of anilines is 2. The van der Waals surface area contributed by atoms with Gasteiger partial charge in [0.05, 0.1) is 19.0 Å². The molecule has 1 aliphatic heterocycles. The lowest BCUT2D eigenvalue weighted by Crippen LogP contribution is -2.19. The van der Waals surface area contributed by atoms with Crippen molar-refractivity contribution in [3.05, 3.63) is 41.7 Å². The molecule has 0 bridgehead atoms. The number of nitrogens with zero attached hydrogens (tertiary/aromatic N) is 4. The molecule has 1 aliphatic rings. The first-order valence-corrected chi connectivity index (χ1v) is 10.4. The number of rotatable bonds is 9. The Bertz CT molecular complexity index is 1090. The molecule has 3 atom stereocenters. The lowest BCUT2D eigenvalue weighted by Gasteiger charge is -2.16. The minimum absolute atomic E-state index is 0.113. The molecule has 0 saturated carbocycles. The number of hydrogen-bond acceptors (Lipinski definition) is 9. The molecule has 1 saturated heterocycles. The number of ether oxygens (including phenoxy) is 1. The standard InChI is InChI=1S/C21H26N6O5/c22-18-17-19(27(11-24-17)20-15(29)9-14(10-28)32-20)26-21(25-18)23-8-7-13-3-1-12(2-4-13)5-6-16(30)31/h1-4,11,14-15,20,28-29H,5-10H2,(H,30,31)(H3,22,23,25,26)/t14-,15+,20+/m0/s1. The van der Waals surface area contributed by atoms with Crippen molar-refractivity contribution in [2.75, 3.05) is 24.2 Å². The van der Waals surface area contributed by atoms with Crippen molar-refractivity contribution in [2.45, 2.75) is 44.1 Å². The molecule has 6 N–H and O–H groups in total. The lowest BCUT2D eigenvalue weighted by molar-refractivity contribution is -0.136. The minimum atomic E-state index is -0.807. The Hall–Kier alpha value is -3.28. The maximum atomic E-state index is 10.7. The molecule has 3 aromatic rings. The summed E-state index contributed by atoms with van der Waals surface area (Å²) in [6, 6.07) is 7.82. The molecule has 0 radical (unpaired) electrons. The van der Waals surface area contributed by atoms with Gasteiger partial charge in [0.2, 0.25) is 5.95 Å². The van der Waals surface area contributed by atoms with Gasteiger partial charge >= 0.3 is 5.97 Å². The van der Waals surface area contributed by atoms with Gasteiger partial charge in [0.1, 0.15) is 11.6 Å². The maximum Gasteiger partial charge on any atom is 0.303 e. The Morgan fingerprint density at radius 3 is 2.59 bits per heavy atom. The summed E-state index contributed by atoms with van der Waals surface area (Å²) in [6.07, 6.45) is 1.20. The van der Waals surface area contributed by atoms with E-state index >= 15 is 0 Å². The van der Waals surface area contributed by atoms with Crippen LogP contribution in [-0.2, 0) is 22.4 Å². The molecule has 11 nitrogen and oxygen atoms in total. The monoisotopic (exact) mass is 442 g/mol. The van der Waals surface area contributed by atoms with E-state index < -0.39 is 24.4 Å². The summed E-state index contributed by atoms with van der Waals surface area (Å²) in [7, 11) is 0. The second kappa shape index (κ2) is 9.47. The first-order chi connectivity index (χ1) is 15.4. The summed E-state index contributed by atoms with van der Waals surface area (Å²) < 4.78 is 7.31. The number of aliphatic hydroxyl groups is 2. The Morgan fingerprint density at radius 1 is 1.22 bits per heavy atom. The van der Waals surface area contributed by atoms with Crippen molar-refractivity contribution < 1.29 is 24.9 Å². The Labute approximate surface area is 183 Å². The van der Waals surface area contributed by atoms with Gasteiger partial charge in [0.25, 0.3) is 0 Å². The van der Waals surface area contributed by atoms with E-state index in [-0.39, 0.29) is 18.8 Å². The van der Waals surface area contributed by atoms with Crippen LogP contribution in [0.3, 0.4) is 0 Å². The van der Waals surface area contributed by atoms with Crippen LogP contribution < -0.4 is 11.1 Å². The van der Waals surface area contributed by atoms with Gasteiger partial charge in [-0.3, -0.25) is 9.36 Å². The van der Waals surface area contributed by atoms with Crippen LogP contribution >= 0.6 is 0 Å². The smallest absolute Gasteiger partial charge is 0.303 e. The summed E-state index contributed by atoms with van der Waals surface area (Å²) >= 11 is 0. The van der Waals surface area contributed by atoms with Crippen LogP contribution in [0.1, 0.15) is 30.2 Å². The fraction of sp³-hybridized carbons (Fsp3) is 0.429. The highest BCUT2D eigenvalue weighted by atomic mass is 16.5. The highest BCUT2D eigenvalue weighted by Crippen LogP contribution is 2.31. The van der Waals surface area contributed by atoms with Crippen LogP contribution in [0.2, 0.25) is 0 Å². The van der Waals surface area contributed by atoms with Crippen molar-refractivity contribution in [2.24, 2.45) is 0 Å². The minimum Gasteiger partial charge on any atom is -0.481 e. The molecule has 0 spiro atoms. The quantitative estimate of drug-likeness (QED) is 0.318. The van der Waals surface area contributed by atoms with Crippen LogP contribution in [0.15, 0.2) is 30.6 Å². The number of carboxylic acids is 1. The number of carbonyl (C=O) groups is 1. The average molecular weight is 442 g/mol. The molecular weight excluding hydrogens is 416 g/mol. The summed E-state index contributed by atoms with van der Waals surface area (Å²) in [6.45, 7) is 0.382. The number of aromatic nitrogens is 4. The second-order valence-corrected chi connectivity index (χ2v) is 7.78. The first-order valence-electron chi connectivity index (χ1n) is 10.4. The average Bonchev–Trinajstić information content (AvgIpc) is 3.36. The van der Waals surface area contributed by atoms with E-state index in [2.05, 4.69) is 20.3 Å². The molecular formula is C21H26N6O5. The van der Waals surface area contributed by atoms with E-state index in [0.29, 0.717) is 42.9 Å². The van der Waals surface area contributed by atoms with Gasteiger partial charge in [-0.15, -0.1) is 0 Å². The summed E-state index contributed by atoms with van der Waals surface area (Å²) in [4.78, 5) is 23.7. The highest BCUT2D eigenvalue weighted by molar-refractivity contribution is 5.83. The molecule has 0 unspecified atom stereocenters. The number of carboxylic acid groups (broad SMARTS) is 1. The molecule has 11 heteroatoms. The summed E-state index contributed by atoms with van der Waals surface area (Å²) in [5.74, 6) is -0.260. The van der Waals surface area contributed by atoms with Crippen molar-refractivity contribution in [1.29, 1.82) is 0 Å². The van der Waals surface area contributed by atoms with Crippen molar-refractivity contribution in [3.8, 4) is 0 Å². The van der Waals surface area contributed by atoms with E-state index in [1.807, 2.05) is 24.3 Å². The number of nitrogens with two attached hydrogens (primary N) is 1. The number of nitrogens with one attached hydrogen (secondary N) is 1. The van der Waals surface area contributed by atoms with E-state index in [0.717, 1.165) is 11.1 Å². The third-order valence-electron chi connectivity index (χ3n) is 5.44. The van der Waals surface area contributed by atoms with E-state index in [4.69, 9.17) is 15.6 Å². The van der Waals surface area contributed by atoms with Crippen LogP contribution in [-0.4, -0.2) is 66.2 Å². The molecule has 170 valence electrons. The second-order valence-electron chi connectivity index (χ2n) is 7.78. The fourth-order valence-corrected chi connectivity index (χ4v) is 3.74. The topological polar surface area (TPSA) is 169 Å². The molecule has 2 aromatic heterocycles. The SMILES string of the molecule is Nc1nc(NCCc2ccc(CCC(=O)O)cc2)nc2c1ncn2[C@@H]1O[C@H](CO)C[C@H]1O. The van der Waals surface area contributed by atoms with E-state index in [1.54, 1.807) is 4.57 Å². The van der Waals surface area contributed by atoms with Crippen molar-refractivity contribution >= 4 is 28.9 Å². The van der Waals surface area contributed by atoms with Crippen LogP contribution in [0.4, 0.5) is 11.8 Å².